The van der Waals surface area contributed by atoms with Gasteiger partial charge in [0, 0.05) is 38.0 Å². The fourth-order valence-corrected chi connectivity index (χ4v) is 2.80. The summed E-state index contributed by atoms with van der Waals surface area (Å²) < 4.78 is 0. The summed E-state index contributed by atoms with van der Waals surface area (Å²) in [6.45, 7) is 4.61. The Balaban J connectivity index is 1.98. The third-order valence-corrected chi connectivity index (χ3v) is 3.80. The van der Waals surface area contributed by atoms with Crippen molar-refractivity contribution in [2.24, 2.45) is 5.41 Å². The van der Waals surface area contributed by atoms with E-state index in [0.717, 1.165) is 25.9 Å². The van der Waals surface area contributed by atoms with E-state index in [1.807, 2.05) is 11.8 Å². The maximum atomic E-state index is 11.6. The van der Waals surface area contributed by atoms with E-state index in [4.69, 9.17) is 5.11 Å². The number of hydrogen-bond donors (Lipinski definition) is 1. The van der Waals surface area contributed by atoms with Crippen molar-refractivity contribution >= 4 is 12.0 Å². The lowest BCUT2D eigenvalue weighted by Crippen LogP contribution is -2.34. The predicted molar refractivity (Wildman–Crippen MR) is 58.1 cm³/mol. The molecule has 2 aliphatic heterocycles. The largest absolute Gasteiger partial charge is 0.465 e. The van der Waals surface area contributed by atoms with Crippen molar-refractivity contribution < 1.29 is 14.7 Å². The first kappa shape index (κ1) is 11.2. The monoisotopic (exact) mass is 226 g/mol. The molecule has 2 rings (SSSR count). The number of amides is 2. The molecule has 0 saturated carbocycles. The van der Waals surface area contributed by atoms with Crippen LogP contribution in [-0.2, 0) is 4.79 Å². The number of carboxylic acid groups (broad SMARTS) is 1. The molecule has 1 atom stereocenters. The maximum Gasteiger partial charge on any atom is 0.407 e. The number of likely N-dealkylation sites (tertiary alicyclic amines) is 2. The zero-order chi connectivity index (χ0) is 11.8. The molecule has 16 heavy (non-hydrogen) atoms. The van der Waals surface area contributed by atoms with E-state index in [0.29, 0.717) is 19.5 Å². The Labute approximate surface area is 95.0 Å². The van der Waals surface area contributed by atoms with Crippen LogP contribution in [0.4, 0.5) is 4.79 Å². The first-order chi connectivity index (χ1) is 7.56. The Hall–Kier alpha value is -1.26. The minimum atomic E-state index is -0.836. The molecule has 0 aromatic rings. The van der Waals surface area contributed by atoms with E-state index in [9.17, 15) is 9.59 Å². The number of rotatable bonds is 1. The van der Waals surface area contributed by atoms with Gasteiger partial charge in [0.2, 0.25) is 5.91 Å². The molecule has 0 radical (unpaired) electrons. The lowest BCUT2D eigenvalue weighted by molar-refractivity contribution is -0.130. The Morgan fingerprint density at radius 3 is 2.25 bits per heavy atom. The Morgan fingerprint density at radius 2 is 1.75 bits per heavy atom. The highest BCUT2D eigenvalue weighted by molar-refractivity contribution is 5.76. The van der Waals surface area contributed by atoms with Crippen molar-refractivity contribution in [3.8, 4) is 0 Å². The van der Waals surface area contributed by atoms with Crippen LogP contribution in [0.5, 0.6) is 0 Å². The van der Waals surface area contributed by atoms with Crippen molar-refractivity contribution in [1.82, 2.24) is 9.80 Å². The molecule has 5 nitrogen and oxygen atoms in total. The van der Waals surface area contributed by atoms with Gasteiger partial charge < -0.3 is 14.9 Å². The molecule has 1 spiro atoms. The second-order valence-corrected chi connectivity index (χ2v) is 4.87. The summed E-state index contributed by atoms with van der Waals surface area (Å²) in [6.07, 6.45) is 1.55. The number of carbonyl (C=O) groups excluding carboxylic acids is 1. The Bertz CT molecular complexity index is 318. The lowest BCUT2D eigenvalue weighted by Gasteiger charge is -2.23. The highest BCUT2D eigenvalue weighted by Gasteiger charge is 2.45. The molecule has 2 fully saturated rings. The molecule has 2 saturated heterocycles. The normalized spacial score (nSPS) is 29.1. The minimum absolute atomic E-state index is 0.0449. The van der Waals surface area contributed by atoms with E-state index >= 15 is 0 Å². The van der Waals surface area contributed by atoms with E-state index in [-0.39, 0.29) is 11.3 Å². The first-order valence-corrected chi connectivity index (χ1v) is 5.82. The quantitative estimate of drug-likeness (QED) is 0.725. The molecule has 1 N–H and O–H groups in total. The summed E-state index contributed by atoms with van der Waals surface area (Å²) in [5.41, 5.74) is 0.0449. The van der Waals surface area contributed by atoms with Crippen molar-refractivity contribution in [2.45, 2.75) is 26.2 Å². The summed E-state index contributed by atoms with van der Waals surface area (Å²) in [5.74, 6) is 0.186. The number of nitrogens with zero attached hydrogens (tertiary/aromatic N) is 2. The zero-order valence-electron chi connectivity index (χ0n) is 9.61. The van der Waals surface area contributed by atoms with Crippen LogP contribution >= 0.6 is 0 Å². The summed E-state index contributed by atoms with van der Waals surface area (Å²) in [4.78, 5) is 25.8. The van der Waals surface area contributed by atoms with Gasteiger partial charge in [0.15, 0.2) is 0 Å². The van der Waals surface area contributed by atoms with Gasteiger partial charge in [-0.2, -0.15) is 0 Å². The SMILES string of the molecule is CCC(=O)N1CCC2(CCN(C(=O)O)C2)C1. The molecule has 0 aliphatic carbocycles. The van der Waals surface area contributed by atoms with Gasteiger partial charge in [-0.15, -0.1) is 0 Å². The van der Waals surface area contributed by atoms with Gasteiger partial charge in [0.1, 0.15) is 0 Å². The minimum Gasteiger partial charge on any atom is -0.465 e. The first-order valence-electron chi connectivity index (χ1n) is 5.82. The summed E-state index contributed by atoms with van der Waals surface area (Å²) in [5, 5.41) is 8.92. The van der Waals surface area contributed by atoms with Crippen LogP contribution in [0.3, 0.4) is 0 Å². The third-order valence-electron chi connectivity index (χ3n) is 3.80. The van der Waals surface area contributed by atoms with Crippen molar-refractivity contribution in [1.29, 1.82) is 0 Å². The maximum absolute atomic E-state index is 11.6. The summed E-state index contributed by atoms with van der Waals surface area (Å²) >= 11 is 0. The van der Waals surface area contributed by atoms with E-state index in [1.54, 1.807) is 0 Å². The molecule has 0 bridgehead atoms. The second-order valence-electron chi connectivity index (χ2n) is 4.87. The Morgan fingerprint density at radius 1 is 1.19 bits per heavy atom. The summed E-state index contributed by atoms with van der Waals surface area (Å²) in [6, 6.07) is 0. The molecule has 2 aliphatic rings. The molecular formula is C11H18N2O3. The van der Waals surface area contributed by atoms with Crippen LogP contribution in [-0.4, -0.2) is 53.1 Å². The van der Waals surface area contributed by atoms with Gasteiger partial charge in [-0.1, -0.05) is 6.92 Å². The third kappa shape index (κ3) is 1.86. The topological polar surface area (TPSA) is 60.9 Å². The Kier molecular flexibility index (Phi) is 2.78. The molecule has 2 amide bonds. The smallest absolute Gasteiger partial charge is 0.407 e. The van der Waals surface area contributed by atoms with Gasteiger partial charge in [-0.25, -0.2) is 4.79 Å². The molecule has 0 aromatic heterocycles. The predicted octanol–water partition coefficient (Wildman–Crippen LogP) is 0.999. The molecule has 90 valence electrons. The van der Waals surface area contributed by atoms with Crippen molar-refractivity contribution in [3.63, 3.8) is 0 Å². The van der Waals surface area contributed by atoms with E-state index in [1.165, 1.54) is 4.90 Å². The molecular weight excluding hydrogens is 208 g/mol. The van der Waals surface area contributed by atoms with Gasteiger partial charge in [-0.3, -0.25) is 4.79 Å². The fourth-order valence-electron chi connectivity index (χ4n) is 2.80. The van der Waals surface area contributed by atoms with Crippen LogP contribution in [0.25, 0.3) is 0 Å². The van der Waals surface area contributed by atoms with Gasteiger partial charge in [0.05, 0.1) is 0 Å². The van der Waals surface area contributed by atoms with Gasteiger partial charge in [-0.05, 0) is 12.8 Å². The summed E-state index contributed by atoms with van der Waals surface area (Å²) in [7, 11) is 0. The molecule has 2 heterocycles. The van der Waals surface area contributed by atoms with Crippen molar-refractivity contribution in [2.75, 3.05) is 26.2 Å². The standard InChI is InChI=1S/C11H18N2O3/c1-2-9(14)12-5-3-11(7-12)4-6-13(8-11)10(15)16/h2-8H2,1H3,(H,15,16). The van der Waals surface area contributed by atoms with Gasteiger partial charge in [0.25, 0.3) is 0 Å². The lowest BCUT2D eigenvalue weighted by atomic mass is 9.86. The number of hydrogen-bond acceptors (Lipinski definition) is 2. The van der Waals surface area contributed by atoms with Crippen LogP contribution in [0.15, 0.2) is 0 Å². The molecule has 5 heteroatoms. The van der Waals surface area contributed by atoms with Crippen LogP contribution in [0.2, 0.25) is 0 Å². The average molecular weight is 226 g/mol. The van der Waals surface area contributed by atoms with E-state index in [2.05, 4.69) is 0 Å². The average Bonchev–Trinajstić information content (AvgIpc) is 2.86. The molecule has 0 aromatic carbocycles. The van der Waals surface area contributed by atoms with E-state index < -0.39 is 6.09 Å². The zero-order valence-corrected chi connectivity index (χ0v) is 9.61. The van der Waals surface area contributed by atoms with Crippen molar-refractivity contribution in [3.05, 3.63) is 0 Å². The van der Waals surface area contributed by atoms with Gasteiger partial charge >= 0.3 is 6.09 Å². The highest BCUT2D eigenvalue weighted by Crippen LogP contribution is 2.39. The highest BCUT2D eigenvalue weighted by atomic mass is 16.4. The van der Waals surface area contributed by atoms with Crippen LogP contribution in [0, 0.1) is 5.41 Å². The second kappa shape index (κ2) is 3.96. The number of carbonyl (C=O) groups is 2. The fraction of sp³-hybridized carbons (Fsp3) is 0.818. The van der Waals surface area contributed by atoms with Crippen LogP contribution < -0.4 is 0 Å². The molecule has 1 unspecified atom stereocenters. The van der Waals surface area contributed by atoms with Crippen LogP contribution in [0.1, 0.15) is 26.2 Å².